The zero-order chi connectivity index (χ0) is 18.5. The molecule has 136 valence electrons. The molecule has 1 aliphatic rings. The van der Waals surface area contributed by atoms with Crippen molar-refractivity contribution in [3.8, 4) is 0 Å². The summed E-state index contributed by atoms with van der Waals surface area (Å²) in [6, 6.07) is 10.4. The lowest BCUT2D eigenvalue weighted by Gasteiger charge is -2.20. The van der Waals surface area contributed by atoms with Gasteiger partial charge < -0.3 is 9.80 Å². The van der Waals surface area contributed by atoms with Gasteiger partial charge in [0.1, 0.15) is 5.69 Å². The summed E-state index contributed by atoms with van der Waals surface area (Å²) in [5.41, 5.74) is 1.83. The number of amides is 1. The number of carbonyl (C=O) groups is 1. The minimum atomic E-state index is -0.404. The summed E-state index contributed by atoms with van der Waals surface area (Å²) < 4.78 is 0. The first-order valence-corrected chi connectivity index (χ1v) is 8.75. The molecule has 1 fully saturated rings. The Hall–Kier alpha value is -2.96. The number of carbonyl (C=O) groups excluding carboxylic acids is 1. The summed E-state index contributed by atoms with van der Waals surface area (Å²) in [6.07, 6.45) is 4.43. The van der Waals surface area contributed by atoms with Gasteiger partial charge in [-0.2, -0.15) is 0 Å². The molecule has 1 aromatic heterocycles. The summed E-state index contributed by atoms with van der Waals surface area (Å²) >= 11 is 0. The molecule has 1 aromatic carbocycles. The third-order valence-corrected chi connectivity index (χ3v) is 4.64. The van der Waals surface area contributed by atoms with Gasteiger partial charge in [-0.15, -0.1) is 0 Å². The smallest absolute Gasteiger partial charge is 0.293 e. The Bertz CT molecular complexity index is 789. The van der Waals surface area contributed by atoms with Crippen molar-refractivity contribution in [2.45, 2.75) is 19.3 Å². The van der Waals surface area contributed by atoms with Gasteiger partial charge in [-0.1, -0.05) is 6.07 Å². The van der Waals surface area contributed by atoms with E-state index in [0.29, 0.717) is 24.2 Å². The second kappa shape index (κ2) is 7.95. The molecule has 7 heteroatoms. The van der Waals surface area contributed by atoms with Gasteiger partial charge in [0, 0.05) is 56.6 Å². The van der Waals surface area contributed by atoms with Gasteiger partial charge in [-0.05, 0) is 37.1 Å². The summed E-state index contributed by atoms with van der Waals surface area (Å²) in [5, 5.41) is 11.5. The van der Waals surface area contributed by atoms with E-state index in [1.54, 1.807) is 30.3 Å². The quantitative estimate of drug-likeness (QED) is 0.589. The van der Waals surface area contributed by atoms with Crippen molar-refractivity contribution in [1.29, 1.82) is 0 Å². The first-order chi connectivity index (χ1) is 12.6. The van der Waals surface area contributed by atoms with Crippen molar-refractivity contribution in [2.75, 3.05) is 31.6 Å². The average Bonchev–Trinajstić information content (AvgIpc) is 3.20. The maximum Gasteiger partial charge on any atom is 0.293 e. The van der Waals surface area contributed by atoms with E-state index in [0.717, 1.165) is 31.6 Å². The first-order valence-electron chi connectivity index (χ1n) is 8.75. The number of anilines is 1. The fourth-order valence-electron chi connectivity index (χ4n) is 3.18. The van der Waals surface area contributed by atoms with Gasteiger partial charge in [0.15, 0.2) is 0 Å². The number of hydrogen-bond donors (Lipinski definition) is 0. The fourth-order valence-corrected chi connectivity index (χ4v) is 3.18. The summed E-state index contributed by atoms with van der Waals surface area (Å²) in [4.78, 5) is 31.5. The van der Waals surface area contributed by atoms with Crippen molar-refractivity contribution in [3.05, 3.63) is 64.0 Å². The Morgan fingerprint density at radius 3 is 2.69 bits per heavy atom. The minimum Gasteiger partial charge on any atom is -0.366 e. The molecule has 2 heterocycles. The van der Waals surface area contributed by atoms with Crippen molar-refractivity contribution < 1.29 is 9.72 Å². The van der Waals surface area contributed by atoms with Gasteiger partial charge in [-0.25, -0.2) is 0 Å². The van der Waals surface area contributed by atoms with Gasteiger partial charge in [0.25, 0.3) is 11.6 Å². The molecule has 0 N–H and O–H groups in total. The normalized spacial score (nSPS) is 13.7. The molecule has 1 aliphatic heterocycles. The van der Waals surface area contributed by atoms with E-state index in [4.69, 9.17) is 0 Å². The number of hydrogen-bond acceptors (Lipinski definition) is 5. The van der Waals surface area contributed by atoms with Crippen LogP contribution in [0.2, 0.25) is 0 Å². The number of aromatic nitrogens is 1. The van der Waals surface area contributed by atoms with Crippen LogP contribution in [0.25, 0.3) is 0 Å². The van der Waals surface area contributed by atoms with E-state index < -0.39 is 4.92 Å². The number of nitro groups is 1. The van der Waals surface area contributed by atoms with Crippen LogP contribution in [-0.2, 0) is 6.42 Å². The topological polar surface area (TPSA) is 79.6 Å². The Morgan fingerprint density at radius 1 is 1.27 bits per heavy atom. The van der Waals surface area contributed by atoms with E-state index in [2.05, 4.69) is 4.98 Å². The van der Waals surface area contributed by atoms with E-state index in [-0.39, 0.29) is 11.6 Å². The van der Waals surface area contributed by atoms with E-state index in [1.807, 2.05) is 23.1 Å². The molecule has 0 radical (unpaired) electrons. The predicted molar refractivity (Wildman–Crippen MR) is 99.4 cm³/mol. The third-order valence-electron chi connectivity index (χ3n) is 4.64. The molecule has 1 saturated heterocycles. The molecule has 0 aliphatic carbocycles. The average molecular weight is 354 g/mol. The minimum absolute atomic E-state index is 0.00382. The van der Waals surface area contributed by atoms with Gasteiger partial charge in [-0.3, -0.25) is 19.9 Å². The van der Waals surface area contributed by atoms with Gasteiger partial charge >= 0.3 is 0 Å². The number of nitro benzene ring substituents is 1. The fraction of sp³-hybridized carbons (Fsp3) is 0.368. The molecular formula is C19H22N4O3. The van der Waals surface area contributed by atoms with E-state index in [1.165, 1.54) is 6.07 Å². The lowest BCUT2D eigenvalue weighted by Crippen LogP contribution is -2.29. The molecule has 0 unspecified atom stereocenters. The van der Waals surface area contributed by atoms with Crippen LogP contribution in [0, 0.1) is 10.1 Å². The number of rotatable bonds is 6. The second-order valence-corrected chi connectivity index (χ2v) is 6.45. The maximum absolute atomic E-state index is 12.6. The molecule has 0 saturated carbocycles. The molecule has 0 bridgehead atoms. The number of likely N-dealkylation sites (N-methyl/N-ethyl adjacent to an activating group) is 1. The SMILES string of the molecule is CN(CCc1ccccn1)C(=O)c1ccc(N2CCCC2)c([N+](=O)[O-])c1. The highest BCUT2D eigenvalue weighted by Crippen LogP contribution is 2.31. The van der Waals surface area contributed by atoms with Crippen LogP contribution in [0.1, 0.15) is 28.9 Å². The van der Waals surface area contributed by atoms with Crippen LogP contribution in [-0.4, -0.2) is 47.4 Å². The molecule has 2 aromatic rings. The highest BCUT2D eigenvalue weighted by atomic mass is 16.6. The maximum atomic E-state index is 12.6. The van der Waals surface area contributed by atoms with Gasteiger partial charge in [0.2, 0.25) is 0 Å². The Labute approximate surface area is 152 Å². The van der Waals surface area contributed by atoms with Crippen LogP contribution >= 0.6 is 0 Å². The molecule has 0 spiro atoms. The summed E-state index contributed by atoms with van der Waals surface area (Å²) in [5.74, 6) is -0.225. The molecular weight excluding hydrogens is 332 g/mol. The zero-order valence-corrected chi connectivity index (χ0v) is 14.8. The summed E-state index contributed by atoms with van der Waals surface area (Å²) in [7, 11) is 1.70. The van der Waals surface area contributed by atoms with Gasteiger partial charge in [0.05, 0.1) is 4.92 Å². The predicted octanol–water partition coefficient (Wildman–Crippen LogP) is 2.90. The van der Waals surface area contributed by atoms with Crippen LogP contribution in [0.5, 0.6) is 0 Å². The van der Waals surface area contributed by atoms with Crippen molar-refractivity contribution in [1.82, 2.24) is 9.88 Å². The Balaban J connectivity index is 1.74. The highest BCUT2D eigenvalue weighted by molar-refractivity contribution is 5.95. The molecule has 26 heavy (non-hydrogen) atoms. The van der Waals surface area contributed by atoms with Crippen LogP contribution < -0.4 is 4.90 Å². The number of pyridine rings is 1. The van der Waals surface area contributed by atoms with Crippen molar-refractivity contribution in [3.63, 3.8) is 0 Å². The molecule has 0 atom stereocenters. The largest absolute Gasteiger partial charge is 0.366 e. The van der Waals surface area contributed by atoms with Crippen LogP contribution in [0.4, 0.5) is 11.4 Å². The third kappa shape index (κ3) is 3.99. The van der Waals surface area contributed by atoms with Crippen molar-refractivity contribution in [2.24, 2.45) is 0 Å². The Kier molecular flexibility index (Phi) is 5.46. The highest BCUT2D eigenvalue weighted by Gasteiger charge is 2.24. The molecule has 1 amide bonds. The Morgan fingerprint density at radius 2 is 2.04 bits per heavy atom. The molecule has 3 rings (SSSR count). The molecule has 7 nitrogen and oxygen atoms in total. The second-order valence-electron chi connectivity index (χ2n) is 6.45. The van der Waals surface area contributed by atoms with Crippen molar-refractivity contribution >= 4 is 17.3 Å². The van der Waals surface area contributed by atoms with Crippen LogP contribution in [0.15, 0.2) is 42.6 Å². The van der Waals surface area contributed by atoms with E-state index in [9.17, 15) is 14.9 Å². The lowest BCUT2D eigenvalue weighted by molar-refractivity contribution is -0.384. The first kappa shape index (κ1) is 17.8. The van der Waals surface area contributed by atoms with E-state index >= 15 is 0 Å². The zero-order valence-electron chi connectivity index (χ0n) is 14.8. The number of nitrogens with zero attached hydrogens (tertiary/aromatic N) is 4. The number of benzene rings is 1. The monoisotopic (exact) mass is 354 g/mol. The van der Waals surface area contributed by atoms with Crippen LogP contribution in [0.3, 0.4) is 0 Å². The lowest BCUT2D eigenvalue weighted by atomic mass is 10.1. The summed E-state index contributed by atoms with van der Waals surface area (Å²) in [6.45, 7) is 2.13. The standard InChI is InChI=1S/C19H22N4O3/c1-21(13-9-16-6-2-3-10-20-16)19(24)15-7-8-17(18(14-15)23(25)26)22-11-4-5-12-22/h2-3,6-8,10,14H,4-5,9,11-13H2,1H3.